The summed E-state index contributed by atoms with van der Waals surface area (Å²) in [5, 5.41) is 1.80. The van der Waals surface area contributed by atoms with E-state index in [2.05, 4.69) is 16.9 Å². The number of carbonyl (C=O) groups excluding carboxylic acids is 2. The number of thiophene rings is 1. The molecule has 0 saturated carbocycles. The third-order valence-electron chi connectivity index (χ3n) is 2.88. The Labute approximate surface area is 127 Å². The highest BCUT2D eigenvalue weighted by molar-refractivity contribution is 7.12. The predicted octanol–water partition coefficient (Wildman–Crippen LogP) is 2.84. The third-order valence-corrected chi connectivity index (χ3v) is 3.75. The molecule has 2 rings (SSSR count). The monoisotopic (exact) mass is 300 g/mol. The van der Waals surface area contributed by atoms with Gasteiger partial charge in [-0.15, -0.1) is 11.3 Å². The van der Waals surface area contributed by atoms with Crippen LogP contribution in [0, 0.1) is 13.8 Å². The smallest absolute Gasteiger partial charge is 0.268 e. The Balaban J connectivity index is 1.89. The molecule has 0 aliphatic carbocycles. The molecule has 2 N–H and O–H groups in total. The molecule has 2 aromatic rings. The van der Waals surface area contributed by atoms with Gasteiger partial charge in [0.05, 0.1) is 4.88 Å². The van der Waals surface area contributed by atoms with Crippen molar-refractivity contribution in [2.75, 3.05) is 0 Å². The molecule has 0 spiro atoms. The second-order valence-electron chi connectivity index (χ2n) is 4.61. The van der Waals surface area contributed by atoms with Crippen LogP contribution >= 0.6 is 11.3 Å². The fraction of sp³-hybridized carbons (Fsp3) is 0.125. The molecular weight excluding hydrogens is 284 g/mol. The zero-order valence-corrected chi connectivity index (χ0v) is 12.7. The minimum Gasteiger partial charge on any atom is -0.268 e. The largest absolute Gasteiger partial charge is 0.279 e. The van der Waals surface area contributed by atoms with E-state index in [4.69, 9.17) is 0 Å². The number of hydrogen-bond acceptors (Lipinski definition) is 3. The molecule has 21 heavy (non-hydrogen) atoms. The summed E-state index contributed by atoms with van der Waals surface area (Å²) in [5.74, 6) is -0.696. The van der Waals surface area contributed by atoms with E-state index in [0.29, 0.717) is 4.88 Å². The van der Waals surface area contributed by atoms with E-state index in [-0.39, 0.29) is 11.8 Å². The summed E-state index contributed by atoms with van der Waals surface area (Å²) in [4.78, 5) is 23.8. The van der Waals surface area contributed by atoms with Crippen molar-refractivity contribution in [3.8, 4) is 0 Å². The van der Waals surface area contributed by atoms with Crippen LogP contribution in [0.5, 0.6) is 0 Å². The van der Waals surface area contributed by atoms with Gasteiger partial charge in [0, 0.05) is 6.08 Å². The molecule has 0 radical (unpaired) electrons. The first-order valence-electron chi connectivity index (χ1n) is 6.45. The lowest BCUT2D eigenvalue weighted by Gasteiger charge is -2.04. The van der Waals surface area contributed by atoms with Crippen LogP contribution < -0.4 is 10.9 Å². The van der Waals surface area contributed by atoms with Gasteiger partial charge in [-0.05, 0) is 42.5 Å². The summed E-state index contributed by atoms with van der Waals surface area (Å²) in [6.45, 7) is 4.01. The third kappa shape index (κ3) is 4.29. The maximum Gasteiger partial charge on any atom is 0.279 e. The van der Waals surface area contributed by atoms with Gasteiger partial charge < -0.3 is 0 Å². The number of nitrogens with one attached hydrogen (secondary N) is 2. The second-order valence-corrected chi connectivity index (χ2v) is 5.56. The molecule has 0 fully saturated rings. The van der Waals surface area contributed by atoms with Crippen molar-refractivity contribution >= 4 is 29.2 Å². The summed E-state index contributed by atoms with van der Waals surface area (Å²) >= 11 is 1.31. The van der Waals surface area contributed by atoms with Crippen LogP contribution in [0.3, 0.4) is 0 Å². The van der Waals surface area contributed by atoms with Crippen molar-refractivity contribution in [1.82, 2.24) is 10.9 Å². The van der Waals surface area contributed by atoms with Crippen LogP contribution in [-0.2, 0) is 4.79 Å². The van der Waals surface area contributed by atoms with Crippen molar-refractivity contribution in [3.05, 3.63) is 63.4 Å². The van der Waals surface area contributed by atoms with E-state index >= 15 is 0 Å². The maximum atomic E-state index is 11.7. The lowest BCUT2D eigenvalue weighted by Crippen LogP contribution is -2.40. The Hall–Kier alpha value is -2.40. The Morgan fingerprint density at radius 2 is 1.95 bits per heavy atom. The van der Waals surface area contributed by atoms with E-state index in [9.17, 15) is 9.59 Å². The van der Waals surface area contributed by atoms with E-state index in [1.807, 2.05) is 26.0 Å². The van der Waals surface area contributed by atoms with Gasteiger partial charge in [-0.1, -0.05) is 29.8 Å². The SMILES string of the molecule is Cc1ccc(/C=C/C(=O)NNC(=O)c2cccs2)c(C)c1. The first-order chi connectivity index (χ1) is 10.1. The normalized spacial score (nSPS) is 10.6. The molecule has 4 nitrogen and oxygen atoms in total. The average molecular weight is 300 g/mol. The molecule has 1 heterocycles. The Morgan fingerprint density at radius 3 is 2.62 bits per heavy atom. The van der Waals surface area contributed by atoms with Crippen LogP contribution in [-0.4, -0.2) is 11.8 Å². The van der Waals surface area contributed by atoms with Crippen molar-refractivity contribution < 1.29 is 9.59 Å². The first kappa shape index (κ1) is 15.0. The number of rotatable bonds is 3. The molecule has 2 amide bonds. The average Bonchev–Trinajstić information content (AvgIpc) is 2.98. The summed E-state index contributed by atoms with van der Waals surface area (Å²) in [6.07, 6.45) is 3.12. The van der Waals surface area contributed by atoms with Gasteiger partial charge in [0.25, 0.3) is 11.8 Å². The van der Waals surface area contributed by atoms with Crippen LogP contribution in [0.25, 0.3) is 6.08 Å². The zero-order chi connectivity index (χ0) is 15.2. The Morgan fingerprint density at radius 1 is 1.14 bits per heavy atom. The van der Waals surface area contributed by atoms with Crippen LogP contribution in [0.15, 0.2) is 41.8 Å². The number of hydrogen-bond donors (Lipinski definition) is 2. The number of amides is 2. The van der Waals surface area contributed by atoms with Gasteiger partial charge in [0.15, 0.2) is 0 Å². The summed E-state index contributed by atoms with van der Waals surface area (Å²) in [6, 6.07) is 9.47. The summed E-state index contributed by atoms with van der Waals surface area (Å²) in [5.41, 5.74) is 7.97. The first-order valence-corrected chi connectivity index (χ1v) is 7.33. The maximum absolute atomic E-state index is 11.7. The topological polar surface area (TPSA) is 58.2 Å². The number of benzene rings is 1. The van der Waals surface area contributed by atoms with Gasteiger partial charge in [-0.3, -0.25) is 20.4 Å². The van der Waals surface area contributed by atoms with Crippen molar-refractivity contribution in [1.29, 1.82) is 0 Å². The van der Waals surface area contributed by atoms with Gasteiger partial charge in [-0.25, -0.2) is 0 Å². The predicted molar refractivity (Wildman–Crippen MR) is 84.9 cm³/mol. The minimum atomic E-state index is -0.375. The Bertz CT molecular complexity index is 676. The fourth-order valence-corrected chi connectivity index (χ4v) is 2.43. The van der Waals surface area contributed by atoms with Gasteiger partial charge in [-0.2, -0.15) is 0 Å². The van der Waals surface area contributed by atoms with Gasteiger partial charge >= 0.3 is 0 Å². The molecule has 108 valence electrons. The molecule has 0 bridgehead atoms. The Kier molecular flexibility index (Phi) is 4.90. The molecule has 1 aromatic carbocycles. The van der Waals surface area contributed by atoms with Crippen molar-refractivity contribution in [2.45, 2.75) is 13.8 Å². The molecule has 0 aliphatic heterocycles. The fourth-order valence-electron chi connectivity index (χ4n) is 1.81. The highest BCUT2D eigenvalue weighted by atomic mass is 32.1. The zero-order valence-electron chi connectivity index (χ0n) is 11.8. The number of carbonyl (C=O) groups is 2. The minimum absolute atomic E-state index is 0.321. The van der Waals surface area contributed by atoms with E-state index in [1.165, 1.54) is 23.0 Å². The van der Waals surface area contributed by atoms with E-state index in [0.717, 1.165) is 11.1 Å². The van der Waals surface area contributed by atoms with Gasteiger partial charge in [0.2, 0.25) is 0 Å². The lowest BCUT2D eigenvalue weighted by molar-refractivity contribution is -0.117. The highest BCUT2D eigenvalue weighted by Gasteiger charge is 2.06. The van der Waals surface area contributed by atoms with Crippen LogP contribution in [0.4, 0.5) is 0 Å². The quantitative estimate of drug-likeness (QED) is 0.676. The van der Waals surface area contributed by atoms with Crippen LogP contribution in [0.1, 0.15) is 26.4 Å². The molecule has 1 aromatic heterocycles. The molecule has 0 unspecified atom stereocenters. The molecule has 0 atom stereocenters. The van der Waals surface area contributed by atoms with Crippen LogP contribution in [0.2, 0.25) is 0 Å². The lowest BCUT2D eigenvalue weighted by atomic mass is 10.1. The number of aryl methyl sites for hydroxylation is 2. The number of hydrazine groups is 1. The van der Waals surface area contributed by atoms with E-state index in [1.54, 1.807) is 23.6 Å². The van der Waals surface area contributed by atoms with Gasteiger partial charge in [0.1, 0.15) is 0 Å². The summed E-state index contributed by atoms with van der Waals surface area (Å²) < 4.78 is 0. The standard InChI is InChI=1S/C16H16N2O2S/c1-11-5-6-13(12(2)10-11)7-8-15(19)17-18-16(20)14-4-3-9-21-14/h3-10H,1-2H3,(H,17,19)(H,18,20)/b8-7+. The second kappa shape index (κ2) is 6.85. The molecule has 5 heteroatoms. The molecular formula is C16H16N2O2S. The highest BCUT2D eigenvalue weighted by Crippen LogP contribution is 2.12. The summed E-state index contributed by atoms with van der Waals surface area (Å²) in [7, 11) is 0. The van der Waals surface area contributed by atoms with Crippen molar-refractivity contribution in [2.24, 2.45) is 0 Å². The van der Waals surface area contributed by atoms with Crippen molar-refractivity contribution in [3.63, 3.8) is 0 Å². The molecule has 0 aliphatic rings. The van der Waals surface area contributed by atoms with E-state index < -0.39 is 0 Å². The molecule has 0 saturated heterocycles.